The van der Waals surface area contributed by atoms with Crippen LogP contribution in [0.1, 0.15) is 49.9 Å². The molecule has 0 aliphatic carbocycles. The maximum atomic E-state index is 13.1. The number of rotatable bonds is 8. The first-order chi connectivity index (χ1) is 13.2. The number of benzene rings is 2. The lowest BCUT2D eigenvalue weighted by Gasteiger charge is -2.20. The molecule has 0 fully saturated rings. The molecule has 0 spiro atoms. The van der Waals surface area contributed by atoms with E-state index in [1.165, 1.54) is 5.56 Å². The Kier molecular flexibility index (Phi) is 8.10. The first-order valence-electron chi connectivity index (χ1n) is 9.91. The summed E-state index contributed by atoms with van der Waals surface area (Å²) >= 11 is 0. The van der Waals surface area contributed by atoms with Crippen LogP contribution in [0.25, 0.3) is 0 Å². The third kappa shape index (κ3) is 6.36. The molecule has 28 heavy (non-hydrogen) atoms. The van der Waals surface area contributed by atoms with E-state index in [0.717, 1.165) is 33.5 Å². The topological polar surface area (TPSA) is 41.5 Å². The Morgan fingerprint density at radius 1 is 0.893 bits per heavy atom. The first kappa shape index (κ1) is 22.5. The smallest absolute Gasteiger partial charge is 0.134 e. The normalized spacial score (nSPS) is 12.0. The van der Waals surface area contributed by atoms with Gasteiger partial charge in [0.05, 0.1) is 13.2 Å². The van der Waals surface area contributed by atoms with Gasteiger partial charge in [-0.1, -0.05) is 53.6 Å². The Bertz CT molecular complexity index is 815. The van der Waals surface area contributed by atoms with Crippen molar-refractivity contribution in [2.45, 2.75) is 48.5 Å². The van der Waals surface area contributed by atoms with Crippen LogP contribution in [-0.4, -0.2) is 18.7 Å². The second kappa shape index (κ2) is 10.1. The SMILES string of the molecule is Cc1cc(C)c(C([O-])=Pc2ccc(OCC(C)C)cc2OCC(C)C)c(C)c1. The zero-order chi connectivity index (χ0) is 20.8. The first-order valence-corrected chi connectivity index (χ1v) is 10.8. The highest BCUT2D eigenvalue weighted by molar-refractivity contribution is 7.49. The van der Waals surface area contributed by atoms with Gasteiger partial charge in [-0.25, -0.2) is 0 Å². The average Bonchev–Trinajstić information content (AvgIpc) is 2.58. The molecule has 0 heterocycles. The van der Waals surface area contributed by atoms with Crippen molar-refractivity contribution in [2.75, 3.05) is 13.2 Å². The minimum atomic E-state index is 0.0974. The van der Waals surface area contributed by atoms with E-state index in [-0.39, 0.29) is 5.48 Å². The van der Waals surface area contributed by atoms with Gasteiger partial charge in [-0.05, 0) is 61.4 Å². The highest BCUT2D eigenvalue weighted by atomic mass is 31.1. The molecule has 0 atom stereocenters. The average molecular weight is 399 g/mol. The van der Waals surface area contributed by atoms with Crippen molar-refractivity contribution in [3.05, 3.63) is 52.6 Å². The van der Waals surface area contributed by atoms with E-state index in [9.17, 15) is 5.11 Å². The molecule has 0 saturated carbocycles. The lowest BCUT2D eigenvalue weighted by molar-refractivity contribution is -0.207. The van der Waals surface area contributed by atoms with E-state index < -0.39 is 0 Å². The minimum absolute atomic E-state index is 0.0974. The molecule has 0 saturated heterocycles. The van der Waals surface area contributed by atoms with Gasteiger partial charge in [0.2, 0.25) is 0 Å². The van der Waals surface area contributed by atoms with Crippen LogP contribution < -0.4 is 19.9 Å². The zero-order valence-electron chi connectivity index (χ0n) is 18.1. The third-order valence-corrected chi connectivity index (χ3v) is 5.24. The fourth-order valence-corrected chi connectivity index (χ4v) is 4.07. The molecule has 0 N–H and O–H groups in total. The van der Waals surface area contributed by atoms with Crippen LogP contribution in [0.15, 0.2) is 30.3 Å². The van der Waals surface area contributed by atoms with Crippen LogP contribution in [0, 0.1) is 32.6 Å². The summed E-state index contributed by atoms with van der Waals surface area (Å²) in [6.45, 7) is 15.8. The van der Waals surface area contributed by atoms with Crippen molar-refractivity contribution < 1.29 is 14.6 Å². The van der Waals surface area contributed by atoms with Crippen molar-refractivity contribution in [1.82, 2.24) is 0 Å². The van der Waals surface area contributed by atoms with Crippen molar-refractivity contribution >= 4 is 19.0 Å². The largest absolute Gasteiger partial charge is 0.823 e. The van der Waals surface area contributed by atoms with E-state index in [2.05, 4.69) is 46.8 Å². The lowest BCUT2D eigenvalue weighted by Crippen LogP contribution is -2.21. The number of hydrogen-bond acceptors (Lipinski definition) is 3. The number of aryl methyl sites for hydroxylation is 3. The third-order valence-electron chi connectivity index (χ3n) is 4.20. The standard InChI is InChI=1S/C24H33O3P/c1-15(2)13-26-20-8-9-22(21(12-20)27-14-16(3)4)28-24(25)23-18(6)10-17(5)11-19(23)7/h8-12,15-16,25H,13-14H2,1-7H3/p-1. The van der Waals surface area contributed by atoms with Gasteiger partial charge in [0.1, 0.15) is 11.5 Å². The van der Waals surface area contributed by atoms with Gasteiger partial charge in [0, 0.05) is 11.4 Å². The van der Waals surface area contributed by atoms with Gasteiger partial charge >= 0.3 is 0 Å². The van der Waals surface area contributed by atoms with Crippen LogP contribution in [0.2, 0.25) is 0 Å². The fourth-order valence-electron chi connectivity index (χ4n) is 2.99. The van der Waals surface area contributed by atoms with E-state index in [1.54, 1.807) is 0 Å². The van der Waals surface area contributed by atoms with E-state index >= 15 is 0 Å². The molecule has 4 heteroatoms. The summed E-state index contributed by atoms with van der Waals surface area (Å²) in [6, 6.07) is 9.91. The van der Waals surface area contributed by atoms with Crippen LogP contribution in [0.5, 0.6) is 11.5 Å². The number of ether oxygens (including phenoxy) is 2. The summed E-state index contributed by atoms with van der Waals surface area (Å²) in [5.41, 5.74) is 4.13. The molecule has 0 aromatic heterocycles. The molecule has 0 aliphatic rings. The second-order valence-corrected chi connectivity index (χ2v) is 9.34. The summed E-state index contributed by atoms with van der Waals surface area (Å²) in [7, 11) is 0.622. The van der Waals surface area contributed by atoms with Crippen LogP contribution >= 0.6 is 8.20 Å². The molecule has 0 unspecified atom stereocenters. The van der Waals surface area contributed by atoms with Crippen molar-refractivity contribution in [2.24, 2.45) is 11.8 Å². The zero-order valence-corrected chi connectivity index (χ0v) is 19.0. The molecule has 2 aromatic rings. The van der Waals surface area contributed by atoms with Gasteiger partial charge in [0.15, 0.2) is 0 Å². The Morgan fingerprint density at radius 3 is 2.04 bits per heavy atom. The maximum absolute atomic E-state index is 13.1. The van der Waals surface area contributed by atoms with Crippen molar-refractivity contribution in [3.8, 4) is 11.5 Å². The minimum Gasteiger partial charge on any atom is -0.823 e. The molecule has 0 amide bonds. The molecule has 152 valence electrons. The molecule has 0 aliphatic heterocycles. The van der Waals surface area contributed by atoms with Gasteiger partial charge in [-0.3, -0.25) is 0 Å². The van der Waals surface area contributed by atoms with Crippen LogP contribution in [0.4, 0.5) is 0 Å². The van der Waals surface area contributed by atoms with Crippen molar-refractivity contribution in [3.63, 3.8) is 0 Å². The summed E-state index contributed by atoms with van der Waals surface area (Å²) in [5.74, 6) is 2.36. The molecule has 3 nitrogen and oxygen atoms in total. The fraction of sp³-hybridized carbons (Fsp3) is 0.458. The highest BCUT2D eigenvalue weighted by Crippen LogP contribution is 2.25. The molecular formula is C24H32O3P-. The van der Waals surface area contributed by atoms with E-state index in [1.807, 2.05) is 32.0 Å². The highest BCUT2D eigenvalue weighted by Gasteiger charge is 2.09. The van der Waals surface area contributed by atoms with Crippen molar-refractivity contribution in [1.29, 1.82) is 0 Å². The van der Waals surface area contributed by atoms with Gasteiger partial charge in [-0.2, -0.15) is 0 Å². The molecule has 0 radical (unpaired) electrons. The summed E-state index contributed by atoms with van der Waals surface area (Å²) < 4.78 is 11.9. The molecule has 0 bridgehead atoms. The predicted molar refractivity (Wildman–Crippen MR) is 118 cm³/mol. The molecular weight excluding hydrogens is 367 g/mol. The van der Waals surface area contributed by atoms with Gasteiger partial charge < -0.3 is 14.6 Å². The number of hydrogen-bond donors (Lipinski definition) is 0. The Morgan fingerprint density at radius 2 is 1.46 bits per heavy atom. The van der Waals surface area contributed by atoms with Crippen LogP contribution in [-0.2, 0) is 0 Å². The van der Waals surface area contributed by atoms with Crippen LogP contribution in [0.3, 0.4) is 0 Å². The Labute approximate surface area is 171 Å². The second-order valence-electron chi connectivity index (χ2n) is 8.23. The summed E-state index contributed by atoms with van der Waals surface area (Å²) in [6.07, 6.45) is 0. The Hall–Kier alpha value is -1.83. The molecule has 2 aromatic carbocycles. The van der Waals surface area contributed by atoms with Gasteiger partial charge in [-0.15, -0.1) is 5.48 Å². The molecule has 2 rings (SSSR count). The summed E-state index contributed by atoms with van der Waals surface area (Å²) in [4.78, 5) is 0. The lowest BCUT2D eigenvalue weighted by atomic mass is 10.0. The van der Waals surface area contributed by atoms with E-state index in [4.69, 9.17) is 9.47 Å². The monoisotopic (exact) mass is 399 g/mol. The predicted octanol–water partition coefficient (Wildman–Crippen LogP) is 4.79. The quantitative estimate of drug-likeness (QED) is 0.599. The summed E-state index contributed by atoms with van der Waals surface area (Å²) in [5, 5.41) is 13.9. The van der Waals surface area contributed by atoms with Gasteiger partial charge in [0.25, 0.3) is 0 Å². The Balaban J connectivity index is 2.40. The maximum Gasteiger partial charge on any atom is 0.134 e. The van der Waals surface area contributed by atoms with E-state index in [0.29, 0.717) is 33.3 Å².